The van der Waals surface area contributed by atoms with E-state index >= 15 is 0 Å². The largest absolute Gasteiger partial charge is 0.490 e. The molecule has 0 spiro atoms. The molecule has 0 saturated carbocycles. The summed E-state index contributed by atoms with van der Waals surface area (Å²) in [6, 6.07) is 5.87. The molecule has 1 unspecified atom stereocenters. The monoisotopic (exact) mass is 267 g/mol. The number of fused-ring (bicyclic) bond motifs is 1. The number of benzene rings is 1. The van der Waals surface area contributed by atoms with Gasteiger partial charge in [0, 0.05) is 6.42 Å². The van der Waals surface area contributed by atoms with E-state index in [0.717, 1.165) is 15.8 Å². The van der Waals surface area contributed by atoms with Gasteiger partial charge in [-0.25, -0.2) is 4.79 Å². The zero-order valence-electron chi connectivity index (χ0n) is 8.29. The Hall–Kier alpha value is -1.12. The van der Waals surface area contributed by atoms with Gasteiger partial charge in [-0.1, -0.05) is 12.1 Å². The Morgan fingerprint density at radius 3 is 3.13 bits per heavy atom. The van der Waals surface area contributed by atoms with E-state index in [1.807, 2.05) is 25.1 Å². The first kappa shape index (κ1) is 10.4. The highest BCUT2D eigenvalue weighted by atomic mass is 79.9. The second-order valence-electron chi connectivity index (χ2n) is 3.89. The lowest BCUT2D eigenvalue weighted by atomic mass is 9.91. The topological polar surface area (TPSA) is 38.7 Å². The SMILES string of the molecule is CC1(N=C=O)COc2c(Br)cccc2C1. The van der Waals surface area contributed by atoms with Crippen LogP contribution in [0, 0.1) is 0 Å². The van der Waals surface area contributed by atoms with Crippen LogP contribution in [0.25, 0.3) is 0 Å². The van der Waals surface area contributed by atoms with Gasteiger partial charge in [-0.15, -0.1) is 0 Å². The highest BCUT2D eigenvalue weighted by molar-refractivity contribution is 9.10. The summed E-state index contributed by atoms with van der Waals surface area (Å²) < 4.78 is 6.54. The van der Waals surface area contributed by atoms with E-state index in [2.05, 4.69) is 20.9 Å². The number of para-hydroxylation sites is 1. The van der Waals surface area contributed by atoms with Crippen LogP contribution in [0.2, 0.25) is 0 Å². The van der Waals surface area contributed by atoms with Gasteiger partial charge in [-0.05, 0) is 34.5 Å². The molecule has 1 atom stereocenters. The molecule has 78 valence electrons. The van der Waals surface area contributed by atoms with E-state index in [1.54, 1.807) is 6.08 Å². The van der Waals surface area contributed by atoms with E-state index in [-0.39, 0.29) is 0 Å². The third kappa shape index (κ3) is 1.96. The second kappa shape index (κ2) is 3.80. The van der Waals surface area contributed by atoms with Crippen LogP contribution in [-0.2, 0) is 11.2 Å². The lowest BCUT2D eigenvalue weighted by molar-refractivity contribution is 0.204. The van der Waals surface area contributed by atoms with Crippen LogP contribution >= 0.6 is 15.9 Å². The number of aliphatic imine (C=N–C) groups is 1. The van der Waals surface area contributed by atoms with Gasteiger partial charge in [0.15, 0.2) is 0 Å². The van der Waals surface area contributed by atoms with E-state index in [0.29, 0.717) is 13.0 Å². The number of isocyanates is 1. The van der Waals surface area contributed by atoms with E-state index in [9.17, 15) is 4.79 Å². The number of ether oxygens (including phenoxy) is 1. The first-order valence-corrected chi connectivity index (χ1v) is 5.43. The summed E-state index contributed by atoms with van der Waals surface area (Å²) in [6.07, 6.45) is 2.31. The molecular formula is C11H10BrNO2. The highest BCUT2D eigenvalue weighted by Gasteiger charge is 2.31. The Labute approximate surface area is 96.3 Å². The molecule has 0 fully saturated rings. The standard InChI is InChI=1S/C11H10BrNO2/c1-11(13-7-14)5-8-3-2-4-9(12)10(8)15-6-11/h2-4H,5-6H2,1H3. The number of carbonyl (C=O) groups excluding carboxylic acids is 1. The smallest absolute Gasteiger partial charge is 0.235 e. The average molecular weight is 268 g/mol. The van der Waals surface area contributed by atoms with Crippen molar-refractivity contribution in [3.63, 3.8) is 0 Å². The molecule has 0 aliphatic carbocycles. The molecule has 1 aliphatic rings. The maximum atomic E-state index is 10.3. The molecular weight excluding hydrogens is 258 g/mol. The molecule has 1 aromatic carbocycles. The van der Waals surface area contributed by atoms with Crippen molar-refractivity contribution in [1.29, 1.82) is 0 Å². The van der Waals surface area contributed by atoms with Crippen molar-refractivity contribution >= 4 is 22.0 Å². The maximum Gasteiger partial charge on any atom is 0.235 e. The Morgan fingerprint density at radius 1 is 1.60 bits per heavy atom. The molecule has 4 heteroatoms. The number of hydrogen-bond donors (Lipinski definition) is 0. The summed E-state index contributed by atoms with van der Waals surface area (Å²) in [6.45, 7) is 2.31. The molecule has 3 nitrogen and oxygen atoms in total. The lowest BCUT2D eigenvalue weighted by Gasteiger charge is -2.30. The molecule has 15 heavy (non-hydrogen) atoms. The second-order valence-corrected chi connectivity index (χ2v) is 4.75. The lowest BCUT2D eigenvalue weighted by Crippen LogP contribution is -2.36. The average Bonchev–Trinajstić information content (AvgIpc) is 2.17. The van der Waals surface area contributed by atoms with Crippen LogP contribution in [0.5, 0.6) is 5.75 Å². The molecule has 0 N–H and O–H groups in total. The fraction of sp³-hybridized carbons (Fsp3) is 0.364. The first-order valence-electron chi connectivity index (χ1n) is 4.64. The highest BCUT2D eigenvalue weighted by Crippen LogP contribution is 2.36. The number of hydrogen-bond acceptors (Lipinski definition) is 3. The van der Waals surface area contributed by atoms with Crippen LogP contribution in [0.3, 0.4) is 0 Å². The zero-order valence-corrected chi connectivity index (χ0v) is 9.87. The van der Waals surface area contributed by atoms with Crippen LogP contribution in [0.1, 0.15) is 12.5 Å². The minimum absolute atomic E-state index is 0.415. The van der Waals surface area contributed by atoms with Crippen molar-refractivity contribution in [3.8, 4) is 5.75 Å². The van der Waals surface area contributed by atoms with Crippen LogP contribution in [0.15, 0.2) is 27.7 Å². The number of halogens is 1. The molecule has 0 saturated heterocycles. The van der Waals surface area contributed by atoms with Crippen LogP contribution in [0.4, 0.5) is 0 Å². The Balaban J connectivity index is 2.39. The number of nitrogens with zero attached hydrogens (tertiary/aromatic N) is 1. The summed E-state index contributed by atoms with van der Waals surface area (Å²) in [5, 5.41) is 0. The third-order valence-electron chi connectivity index (χ3n) is 2.46. The van der Waals surface area contributed by atoms with Crippen LogP contribution in [-0.4, -0.2) is 18.2 Å². The Kier molecular flexibility index (Phi) is 2.63. The fourth-order valence-corrected chi connectivity index (χ4v) is 2.25. The molecule has 0 bridgehead atoms. The van der Waals surface area contributed by atoms with Gasteiger partial charge in [-0.2, -0.15) is 4.99 Å². The van der Waals surface area contributed by atoms with E-state index in [4.69, 9.17) is 4.74 Å². The van der Waals surface area contributed by atoms with Gasteiger partial charge in [0.2, 0.25) is 6.08 Å². The third-order valence-corrected chi connectivity index (χ3v) is 3.09. The Morgan fingerprint density at radius 2 is 2.40 bits per heavy atom. The normalized spacial score (nSPS) is 23.6. The van der Waals surface area contributed by atoms with Crippen molar-refractivity contribution in [1.82, 2.24) is 0 Å². The van der Waals surface area contributed by atoms with Gasteiger partial charge in [0.25, 0.3) is 0 Å². The zero-order chi connectivity index (χ0) is 10.9. The summed E-state index contributed by atoms with van der Waals surface area (Å²) in [4.78, 5) is 14.1. The van der Waals surface area contributed by atoms with Crippen LogP contribution < -0.4 is 4.74 Å². The van der Waals surface area contributed by atoms with E-state index in [1.165, 1.54) is 0 Å². The molecule has 1 aromatic rings. The predicted octanol–water partition coefficient (Wildman–Crippen LogP) is 2.48. The Bertz CT molecular complexity index is 440. The molecule has 0 radical (unpaired) electrons. The first-order chi connectivity index (χ1) is 7.14. The van der Waals surface area contributed by atoms with Gasteiger partial charge in [0.05, 0.1) is 4.47 Å². The molecule has 2 rings (SSSR count). The summed E-state index contributed by atoms with van der Waals surface area (Å²) >= 11 is 3.43. The maximum absolute atomic E-state index is 10.3. The van der Waals surface area contributed by atoms with Gasteiger partial charge in [0.1, 0.15) is 17.9 Å². The van der Waals surface area contributed by atoms with Crippen molar-refractivity contribution in [2.45, 2.75) is 18.9 Å². The molecule has 0 amide bonds. The quantitative estimate of drug-likeness (QED) is 0.579. The van der Waals surface area contributed by atoms with Gasteiger partial charge < -0.3 is 4.74 Å². The van der Waals surface area contributed by atoms with Gasteiger partial charge in [-0.3, -0.25) is 0 Å². The van der Waals surface area contributed by atoms with Gasteiger partial charge >= 0.3 is 0 Å². The fourth-order valence-electron chi connectivity index (χ4n) is 1.73. The van der Waals surface area contributed by atoms with Crippen molar-refractivity contribution < 1.29 is 9.53 Å². The predicted molar refractivity (Wildman–Crippen MR) is 59.9 cm³/mol. The number of rotatable bonds is 1. The van der Waals surface area contributed by atoms with E-state index < -0.39 is 5.54 Å². The van der Waals surface area contributed by atoms with Crippen molar-refractivity contribution in [2.24, 2.45) is 4.99 Å². The van der Waals surface area contributed by atoms with Crippen molar-refractivity contribution in [3.05, 3.63) is 28.2 Å². The van der Waals surface area contributed by atoms with Crippen molar-refractivity contribution in [2.75, 3.05) is 6.61 Å². The minimum atomic E-state index is -0.477. The minimum Gasteiger partial charge on any atom is -0.490 e. The molecule has 0 aromatic heterocycles. The molecule has 1 heterocycles. The summed E-state index contributed by atoms with van der Waals surface area (Å²) in [7, 11) is 0. The summed E-state index contributed by atoms with van der Waals surface area (Å²) in [5.74, 6) is 0.857. The molecule has 1 aliphatic heterocycles. The summed E-state index contributed by atoms with van der Waals surface area (Å²) in [5.41, 5.74) is 0.590.